The van der Waals surface area contributed by atoms with Crippen LogP contribution < -0.4 is 16.2 Å². The van der Waals surface area contributed by atoms with Crippen LogP contribution in [0.15, 0.2) is 96.3 Å². The fourth-order valence-electron chi connectivity index (χ4n) is 4.55. The second-order valence-electron chi connectivity index (χ2n) is 9.38. The van der Waals surface area contributed by atoms with E-state index in [0.29, 0.717) is 12.0 Å². The zero-order valence-corrected chi connectivity index (χ0v) is 20.6. The SMILES string of the molecule is O=C(O)Cn1cc(-c2ccncc2)cc(NC(=O)[C@H](Cc2ccccc2)NC2(c3ccccn3)CC2)c1=O. The van der Waals surface area contributed by atoms with Gasteiger partial charge >= 0.3 is 5.97 Å². The third-order valence-electron chi connectivity index (χ3n) is 6.62. The number of benzene rings is 1. The van der Waals surface area contributed by atoms with Crippen LogP contribution in [0, 0.1) is 0 Å². The van der Waals surface area contributed by atoms with Gasteiger partial charge in [0.15, 0.2) is 0 Å². The Morgan fingerprint density at radius 3 is 2.37 bits per heavy atom. The number of carboxylic acid groups (broad SMARTS) is 1. The molecule has 0 bridgehead atoms. The van der Waals surface area contributed by atoms with Gasteiger partial charge in [-0.15, -0.1) is 0 Å². The van der Waals surface area contributed by atoms with Crippen LogP contribution in [-0.2, 0) is 28.1 Å². The zero-order chi connectivity index (χ0) is 26.5. The van der Waals surface area contributed by atoms with Crippen LogP contribution in [-0.4, -0.2) is 37.6 Å². The summed E-state index contributed by atoms with van der Waals surface area (Å²) >= 11 is 0. The van der Waals surface area contributed by atoms with Gasteiger partial charge in [-0.3, -0.25) is 29.7 Å². The lowest BCUT2D eigenvalue weighted by molar-refractivity contribution is -0.137. The summed E-state index contributed by atoms with van der Waals surface area (Å²) in [7, 11) is 0. The van der Waals surface area contributed by atoms with Crippen molar-refractivity contribution in [3.8, 4) is 11.1 Å². The number of aliphatic carboxylic acids is 1. The second kappa shape index (κ2) is 10.8. The minimum absolute atomic E-state index is 0.00751. The zero-order valence-electron chi connectivity index (χ0n) is 20.6. The van der Waals surface area contributed by atoms with Gasteiger partial charge in [0.1, 0.15) is 12.2 Å². The summed E-state index contributed by atoms with van der Waals surface area (Å²) in [6.07, 6.45) is 8.49. The molecule has 5 rings (SSSR count). The summed E-state index contributed by atoms with van der Waals surface area (Å²) in [4.78, 5) is 46.8. The van der Waals surface area contributed by atoms with Crippen LogP contribution in [0.3, 0.4) is 0 Å². The smallest absolute Gasteiger partial charge is 0.323 e. The molecule has 9 nitrogen and oxygen atoms in total. The Morgan fingerprint density at radius 2 is 1.71 bits per heavy atom. The molecule has 38 heavy (non-hydrogen) atoms. The monoisotopic (exact) mass is 509 g/mol. The highest BCUT2D eigenvalue weighted by molar-refractivity contribution is 5.95. The fourth-order valence-corrected chi connectivity index (χ4v) is 4.55. The van der Waals surface area contributed by atoms with Crippen LogP contribution in [0.2, 0.25) is 0 Å². The Labute approximate surface area is 219 Å². The number of amides is 1. The standard InChI is InChI=1S/C29H27N5O4/c35-26(36)19-34-18-22(21-9-14-30-15-10-21)17-24(28(34)38)32-27(37)23(16-20-6-2-1-3-7-20)33-29(11-12-29)25-8-4-5-13-31-25/h1-10,13-15,17-18,23,33H,11-12,16,19H2,(H,32,37)(H,35,36)/t23-/m0/s1. The highest BCUT2D eigenvalue weighted by Crippen LogP contribution is 2.45. The van der Waals surface area contributed by atoms with Gasteiger partial charge in [-0.2, -0.15) is 0 Å². The van der Waals surface area contributed by atoms with Gasteiger partial charge in [0.05, 0.1) is 17.3 Å². The lowest BCUT2D eigenvalue weighted by Gasteiger charge is -2.25. The number of carbonyl (C=O) groups excluding carboxylic acids is 1. The number of anilines is 1. The molecule has 0 unspecified atom stereocenters. The number of nitrogens with one attached hydrogen (secondary N) is 2. The molecule has 1 atom stereocenters. The average molecular weight is 510 g/mol. The van der Waals surface area contributed by atoms with Crippen LogP contribution in [0.5, 0.6) is 0 Å². The number of rotatable bonds is 10. The molecule has 4 aromatic rings. The molecule has 1 fully saturated rings. The summed E-state index contributed by atoms with van der Waals surface area (Å²) in [6.45, 7) is -0.533. The molecule has 3 aromatic heterocycles. The molecular formula is C29H27N5O4. The fraction of sp³-hybridized carbons (Fsp3) is 0.207. The maximum absolute atomic E-state index is 13.7. The van der Waals surface area contributed by atoms with E-state index in [0.717, 1.165) is 34.2 Å². The van der Waals surface area contributed by atoms with E-state index in [1.54, 1.807) is 36.8 Å². The largest absolute Gasteiger partial charge is 0.480 e. The Morgan fingerprint density at radius 1 is 0.974 bits per heavy atom. The molecule has 9 heteroatoms. The predicted octanol–water partition coefficient (Wildman–Crippen LogP) is 3.22. The van der Waals surface area contributed by atoms with Crippen molar-refractivity contribution in [2.75, 3.05) is 5.32 Å². The third-order valence-corrected chi connectivity index (χ3v) is 6.62. The summed E-state index contributed by atoms with van der Waals surface area (Å²) in [5, 5.41) is 15.7. The van der Waals surface area contributed by atoms with E-state index in [9.17, 15) is 19.5 Å². The maximum Gasteiger partial charge on any atom is 0.323 e. The van der Waals surface area contributed by atoms with Crippen molar-refractivity contribution in [1.82, 2.24) is 19.9 Å². The van der Waals surface area contributed by atoms with Gasteiger partial charge in [-0.05, 0) is 60.7 Å². The number of hydrogen-bond acceptors (Lipinski definition) is 6. The number of pyridine rings is 3. The van der Waals surface area contributed by atoms with E-state index in [1.807, 2.05) is 48.5 Å². The summed E-state index contributed by atoms with van der Waals surface area (Å²) < 4.78 is 1.09. The Bertz CT molecular complexity index is 1490. The van der Waals surface area contributed by atoms with Gasteiger partial charge in [-0.25, -0.2) is 0 Å². The minimum atomic E-state index is -1.16. The molecule has 1 aliphatic rings. The van der Waals surface area contributed by atoms with Gasteiger partial charge in [0.25, 0.3) is 5.56 Å². The molecule has 3 heterocycles. The first-order valence-electron chi connectivity index (χ1n) is 12.3. The van der Waals surface area contributed by atoms with E-state index in [1.165, 1.54) is 6.20 Å². The number of carboxylic acids is 1. The molecule has 0 aliphatic heterocycles. The normalized spacial score (nSPS) is 14.4. The first-order chi connectivity index (χ1) is 18.4. The molecule has 1 amide bonds. The van der Waals surface area contributed by atoms with Gasteiger partial charge < -0.3 is 15.0 Å². The minimum Gasteiger partial charge on any atom is -0.480 e. The number of aromatic nitrogens is 3. The van der Waals surface area contributed by atoms with Crippen molar-refractivity contribution in [2.24, 2.45) is 0 Å². The van der Waals surface area contributed by atoms with Crippen LogP contribution >= 0.6 is 0 Å². The quantitative estimate of drug-likeness (QED) is 0.300. The summed E-state index contributed by atoms with van der Waals surface area (Å²) in [5.41, 5.74) is 2.15. The molecule has 1 aromatic carbocycles. The van der Waals surface area contributed by atoms with Gasteiger partial charge in [-0.1, -0.05) is 36.4 Å². The molecule has 0 radical (unpaired) electrons. The highest BCUT2D eigenvalue weighted by atomic mass is 16.4. The molecule has 192 valence electrons. The Balaban J connectivity index is 1.48. The van der Waals surface area contributed by atoms with Crippen molar-refractivity contribution in [2.45, 2.75) is 37.4 Å². The summed E-state index contributed by atoms with van der Waals surface area (Å²) in [5.74, 6) is -1.55. The molecule has 1 saturated carbocycles. The average Bonchev–Trinajstić information content (AvgIpc) is 3.72. The van der Waals surface area contributed by atoms with Crippen molar-refractivity contribution in [3.05, 3.63) is 113 Å². The molecule has 1 aliphatic carbocycles. The maximum atomic E-state index is 13.7. The first kappa shape index (κ1) is 25.0. The number of carbonyl (C=O) groups is 2. The van der Waals surface area contributed by atoms with Gasteiger partial charge in [0.2, 0.25) is 5.91 Å². The van der Waals surface area contributed by atoms with Crippen molar-refractivity contribution in [3.63, 3.8) is 0 Å². The second-order valence-corrected chi connectivity index (χ2v) is 9.38. The van der Waals surface area contributed by atoms with Gasteiger partial charge in [0, 0.05) is 30.4 Å². The predicted molar refractivity (Wildman–Crippen MR) is 142 cm³/mol. The van der Waals surface area contributed by atoms with Crippen LogP contribution in [0.25, 0.3) is 11.1 Å². The Hall–Kier alpha value is -4.63. The van der Waals surface area contributed by atoms with Crippen LogP contribution in [0.1, 0.15) is 24.1 Å². The van der Waals surface area contributed by atoms with E-state index in [4.69, 9.17) is 0 Å². The van der Waals surface area contributed by atoms with Crippen LogP contribution in [0.4, 0.5) is 5.69 Å². The van der Waals surface area contributed by atoms with Crippen molar-refractivity contribution in [1.29, 1.82) is 0 Å². The molecule has 3 N–H and O–H groups in total. The van der Waals surface area contributed by atoms with E-state index < -0.39 is 29.7 Å². The molecule has 0 spiro atoms. The van der Waals surface area contributed by atoms with E-state index >= 15 is 0 Å². The van der Waals surface area contributed by atoms with Crippen molar-refractivity contribution < 1.29 is 14.7 Å². The Kier molecular flexibility index (Phi) is 7.10. The van der Waals surface area contributed by atoms with Crippen molar-refractivity contribution >= 4 is 17.6 Å². The topological polar surface area (TPSA) is 126 Å². The third kappa shape index (κ3) is 5.68. The number of nitrogens with zero attached hydrogens (tertiary/aromatic N) is 3. The molecule has 0 saturated heterocycles. The van der Waals surface area contributed by atoms with E-state index in [-0.39, 0.29) is 11.6 Å². The van der Waals surface area contributed by atoms with E-state index in [2.05, 4.69) is 20.6 Å². The lowest BCUT2D eigenvalue weighted by atomic mass is 10.0. The summed E-state index contributed by atoms with van der Waals surface area (Å²) in [6, 6.07) is 19.8. The first-order valence-corrected chi connectivity index (χ1v) is 12.3. The number of hydrogen-bond donors (Lipinski definition) is 3. The lowest BCUT2D eigenvalue weighted by Crippen LogP contribution is -2.48. The highest BCUT2D eigenvalue weighted by Gasteiger charge is 2.47. The molecular weight excluding hydrogens is 482 g/mol.